The molecule has 2 aliphatic rings. The summed E-state index contributed by atoms with van der Waals surface area (Å²) in [5.74, 6) is -4.22. The Bertz CT molecular complexity index is 1320. The van der Waals surface area contributed by atoms with Gasteiger partial charge in [-0.05, 0) is 58.4 Å². The molecule has 0 bridgehead atoms. The predicted octanol–water partition coefficient (Wildman–Crippen LogP) is 2.67. The summed E-state index contributed by atoms with van der Waals surface area (Å²) in [7, 11) is 0. The highest BCUT2D eigenvalue weighted by Gasteiger charge is 2.37. The van der Waals surface area contributed by atoms with Gasteiger partial charge in [0.2, 0.25) is 17.7 Å². The van der Waals surface area contributed by atoms with Gasteiger partial charge in [-0.25, -0.2) is 9.59 Å². The van der Waals surface area contributed by atoms with E-state index in [1.165, 1.54) is 6.92 Å². The van der Waals surface area contributed by atoms with E-state index in [9.17, 15) is 28.8 Å². The topological polar surface area (TPSA) is 178 Å². The number of carbonyl (C=O) groups excluding carboxylic acids is 6. The number of esters is 2. The molecule has 13 nitrogen and oxygen atoms in total. The Morgan fingerprint density at radius 1 is 1.02 bits per heavy atom. The summed E-state index contributed by atoms with van der Waals surface area (Å²) in [4.78, 5) is 78.0. The summed E-state index contributed by atoms with van der Waals surface area (Å²) < 4.78 is 15.9. The fourth-order valence-corrected chi connectivity index (χ4v) is 5.28. The second-order valence-electron chi connectivity index (χ2n) is 13.4. The lowest BCUT2D eigenvalue weighted by Gasteiger charge is -2.29. The lowest BCUT2D eigenvalue weighted by molar-refractivity contribution is -0.161. The van der Waals surface area contributed by atoms with E-state index in [0.29, 0.717) is 25.0 Å². The van der Waals surface area contributed by atoms with Crippen molar-refractivity contribution in [2.75, 3.05) is 13.2 Å². The Balaban J connectivity index is 1.80. The molecular formula is C34H48N4O9. The normalized spacial score (nSPS) is 19.6. The maximum atomic E-state index is 13.8. The zero-order chi connectivity index (χ0) is 34.7. The fourth-order valence-electron chi connectivity index (χ4n) is 5.28. The summed E-state index contributed by atoms with van der Waals surface area (Å²) in [6, 6.07) is 5.74. The summed E-state index contributed by atoms with van der Waals surface area (Å²) in [5.41, 5.74) is 0.275. The average Bonchev–Trinajstić information content (AvgIpc) is 3.59. The molecule has 5 atom stereocenters. The van der Waals surface area contributed by atoms with Crippen molar-refractivity contribution in [2.45, 2.75) is 97.6 Å². The Kier molecular flexibility index (Phi) is 13.3. The van der Waals surface area contributed by atoms with Gasteiger partial charge in [0, 0.05) is 30.5 Å². The lowest BCUT2D eigenvalue weighted by atomic mass is 9.95. The molecule has 2 saturated heterocycles. The van der Waals surface area contributed by atoms with Crippen LogP contribution in [0, 0.1) is 17.8 Å². The second kappa shape index (κ2) is 16.9. The number of amides is 4. The maximum Gasteiger partial charge on any atom is 0.408 e. The van der Waals surface area contributed by atoms with E-state index in [1.807, 2.05) is 19.9 Å². The van der Waals surface area contributed by atoms with E-state index >= 15 is 0 Å². The zero-order valence-electron chi connectivity index (χ0n) is 28.1. The van der Waals surface area contributed by atoms with E-state index in [0.717, 1.165) is 5.56 Å². The molecule has 0 spiro atoms. The van der Waals surface area contributed by atoms with Crippen LogP contribution in [0.25, 0.3) is 0 Å². The number of carbonyl (C=O) groups is 6. The van der Waals surface area contributed by atoms with E-state index in [1.54, 1.807) is 51.1 Å². The first-order valence-electron chi connectivity index (χ1n) is 16.1. The molecule has 4 amide bonds. The molecular weight excluding hydrogens is 608 g/mol. The van der Waals surface area contributed by atoms with E-state index in [4.69, 9.17) is 14.2 Å². The van der Waals surface area contributed by atoms with Crippen LogP contribution in [0.15, 0.2) is 42.0 Å². The average molecular weight is 657 g/mol. The number of ether oxygens (including phenoxy) is 3. The van der Waals surface area contributed by atoms with Gasteiger partial charge < -0.3 is 35.5 Å². The third-order valence-corrected chi connectivity index (χ3v) is 7.69. The van der Waals surface area contributed by atoms with Crippen LogP contribution < -0.4 is 21.3 Å². The van der Waals surface area contributed by atoms with Gasteiger partial charge in [-0.2, -0.15) is 0 Å². The SMILES string of the molecule is CC(C)C[C@H](NC(=O)[C@@H](NC(=O)OCc1ccccc1)C(C)C(=O)OC(C)(C)C)C(=O)N[C@H](C=C1CCOC1=O)C[C@@H]1CCNC1=O. The smallest absolute Gasteiger partial charge is 0.408 e. The van der Waals surface area contributed by atoms with Crippen molar-refractivity contribution < 1.29 is 43.0 Å². The van der Waals surface area contributed by atoms with Crippen molar-refractivity contribution in [3.8, 4) is 0 Å². The number of alkyl carbamates (subject to hydrolysis) is 1. The first-order chi connectivity index (χ1) is 22.1. The number of hydrogen-bond donors (Lipinski definition) is 4. The number of nitrogens with one attached hydrogen (secondary N) is 4. The van der Waals surface area contributed by atoms with Gasteiger partial charge in [0.1, 0.15) is 24.3 Å². The van der Waals surface area contributed by atoms with Crippen LogP contribution in [0.5, 0.6) is 0 Å². The minimum atomic E-state index is -1.44. The minimum absolute atomic E-state index is 0.0428. The minimum Gasteiger partial charge on any atom is -0.462 e. The van der Waals surface area contributed by atoms with Crippen molar-refractivity contribution in [2.24, 2.45) is 17.8 Å². The van der Waals surface area contributed by atoms with Crippen LogP contribution in [0.2, 0.25) is 0 Å². The van der Waals surface area contributed by atoms with Gasteiger partial charge in [-0.1, -0.05) is 50.3 Å². The summed E-state index contributed by atoms with van der Waals surface area (Å²) in [6.45, 7) is 10.9. The Morgan fingerprint density at radius 3 is 2.30 bits per heavy atom. The number of benzene rings is 1. The van der Waals surface area contributed by atoms with Crippen LogP contribution in [0.3, 0.4) is 0 Å². The third-order valence-electron chi connectivity index (χ3n) is 7.69. The third kappa shape index (κ3) is 12.0. The van der Waals surface area contributed by atoms with Gasteiger partial charge >= 0.3 is 18.0 Å². The van der Waals surface area contributed by atoms with Crippen LogP contribution in [-0.2, 0) is 44.8 Å². The molecule has 2 fully saturated rings. The molecule has 0 aliphatic carbocycles. The summed E-state index contributed by atoms with van der Waals surface area (Å²) in [6.07, 6.45) is 2.12. The molecule has 2 heterocycles. The quantitative estimate of drug-likeness (QED) is 0.133. The Hall–Kier alpha value is -4.42. The molecule has 1 aromatic rings. The van der Waals surface area contributed by atoms with E-state index in [-0.39, 0.29) is 43.8 Å². The fraction of sp³-hybridized carbons (Fsp3) is 0.588. The molecule has 3 rings (SSSR count). The van der Waals surface area contributed by atoms with Crippen molar-refractivity contribution in [1.82, 2.24) is 21.3 Å². The van der Waals surface area contributed by atoms with E-state index in [2.05, 4.69) is 21.3 Å². The van der Waals surface area contributed by atoms with Gasteiger partial charge in [-0.3, -0.25) is 19.2 Å². The molecule has 1 unspecified atom stereocenters. The van der Waals surface area contributed by atoms with Crippen molar-refractivity contribution >= 4 is 35.8 Å². The van der Waals surface area contributed by atoms with Crippen LogP contribution in [-0.4, -0.2) is 72.6 Å². The first-order valence-corrected chi connectivity index (χ1v) is 16.1. The standard InChI is InChI=1S/C34H48N4O9/c1-20(2)16-26(29(40)36-25(17-23-12-14-35-28(23)39)18-24-13-15-45-32(24)43)37-30(41)27(21(3)31(42)47-34(4,5)6)38-33(44)46-19-22-10-8-7-9-11-22/h7-11,18,20-21,23,25-27H,12-17,19H2,1-6H3,(H,35,39)(H,36,40)(H,37,41)(H,38,44)/t21?,23-,25-,26-,27-/m0/s1. The molecule has 2 aliphatic heterocycles. The largest absolute Gasteiger partial charge is 0.462 e. The highest BCUT2D eigenvalue weighted by molar-refractivity contribution is 5.94. The van der Waals surface area contributed by atoms with Crippen molar-refractivity contribution in [1.29, 1.82) is 0 Å². The van der Waals surface area contributed by atoms with Gasteiger partial charge in [0.05, 0.1) is 12.5 Å². The van der Waals surface area contributed by atoms with Crippen molar-refractivity contribution in [3.05, 3.63) is 47.5 Å². The molecule has 0 radical (unpaired) electrons. The van der Waals surface area contributed by atoms with Gasteiger partial charge in [0.15, 0.2) is 0 Å². The van der Waals surface area contributed by atoms with Crippen LogP contribution >= 0.6 is 0 Å². The molecule has 47 heavy (non-hydrogen) atoms. The number of rotatable bonds is 14. The number of cyclic esters (lactones) is 1. The first kappa shape index (κ1) is 37.0. The van der Waals surface area contributed by atoms with Crippen LogP contribution in [0.1, 0.15) is 72.8 Å². The zero-order valence-corrected chi connectivity index (χ0v) is 28.1. The molecule has 0 aromatic heterocycles. The maximum absolute atomic E-state index is 13.8. The van der Waals surface area contributed by atoms with Crippen LogP contribution in [0.4, 0.5) is 4.79 Å². The second-order valence-corrected chi connectivity index (χ2v) is 13.4. The molecule has 258 valence electrons. The van der Waals surface area contributed by atoms with E-state index < -0.39 is 59.5 Å². The monoisotopic (exact) mass is 656 g/mol. The number of hydrogen-bond acceptors (Lipinski definition) is 9. The molecule has 13 heteroatoms. The highest BCUT2D eigenvalue weighted by Crippen LogP contribution is 2.21. The van der Waals surface area contributed by atoms with Crippen molar-refractivity contribution in [3.63, 3.8) is 0 Å². The predicted molar refractivity (Wildman–Crippen MR) is 171 cm³/mol. The van der Waals surface area contributed by atoms with Gasteiger partial charge in [0.25, 0.3) is 0 Å². The Morgan fingerprint density at radius 2 is 1.72 bits per heavy atom. The molecule has 1 aromatic carbocycles. The molecule has 4 N–H and O–H groups in total. The Labute approximate surface area is 275 Å². The van der Waals surface area contributed by atoms with Gasteiger partial charge in [-0.15, -0.1) is 0 Å². The summed E-state index contributed by atoms with van der Waals surface area (Å²) in [5, 5.41) is 10.9. The molecule has 0 saturated carbocycles. The summed E-state index contributed by atoms with van der Waals surface area (Å²) >= 11 is 0. The highest BCUT2D eigenvalue weighted by atomic mass is 16.6. The lowest BCUT2D eigenvalue weighted by Crippen LogP contribution is -2.58.